The van der Waals surface area contributed by atoms with Gasteiger partial charge in [0.2, 0.25) is 0 Å². The smallest absolute Gasteiger partial charge is 0.286 e. The van der Waals surface area contributed by atoms with E-state index in [0.29, 0.717) is 0 Å². The Balaban J connectivity index is 7.00. The summed E-state index contributed by atoms with van der Waals surface area (Å²) in [6, 6.07) is 0. The van der Waals surface area contributed by atoms with Gasteiger partial charge in [-0.1, -0.05) is 0 Å². The Morgan fingerprint density at radius 2 is 0.622 bits per heavy atom. The van der Waals surface area contributed by atoms with Crippen molar-refractivity contribution in [2.24, 2.45) is 0 Å². The van der Waals surface area contributed by atoms with Crippen LogP contribution in [-0.2, 0) is 10.1 Å². The number of hydrogen-bond acceptors (Lipinski definition) is 2. The Hall–Kier alpha value is -1.56. The van der Waals surface area contributed by atoms with E-state index in [2.05, 4.69) is 0 Å². The normalized spacial score (nSPS) is 16.8. The van der Waals surface area contributed by atoms with Crippen LogP contribution in [0.25, 0.3) is 0 Å². The molecular weight excluding hydrogens is 623 g/mol. The van der Waals surface area contributed by atoms with Gasteiger partial charge in [0.1, 0.15) is 0 Å². The molecule has 1 N–H and O–H groups in total. The zero-order valence-electron chi connectivity index (χ0n) is 16.0. The molecule has 25 heteroatoms. The van der Waals surface area contributed by atoms with Crippen LogP contribution in [0.2, 0.25) is 0 Å². The minimum Gasteiger partial charge on any atom is -0.286 e. The van der Waals surface area contributed by atoms with Gasteiger partial charge in [-0.15, -0.1) is 0 Å². The Labute approximate surface area is 188 Å². The van der Waals surface area contributed by atoms with Crippen LogP contribution < -0.4 is 0 Å². The lowest BCUT2D eigenvalue weighted by molar-refractivity contribution is -0.474. The molecule has 0 aliphatic rings. The zero-order chi connectivity index (χ0) is 30.9. The molecule has 0 saturated heterocycles. The van der Waals surface area contributed by atoms with E-state index < -0.39 is 81.8 Å². The number of alkyl halides is 21. The van der Waals surface area contributed by atoms with Gasteiger partial charge in [-0.2, -0.15) is 101 Å². The highest BCUT2D eigenvalue weighted by molar-refractivity contribution is 7.85. The summed E-state index contributed by atoms with van der Waals surface area (Å²) in [5.41, 5.74) is 0. The highest BCUT2D eigenvalue weighted by atomic mass is 32.2. The summed E-state index contributed by atoms with van der Waals surface area (Å²) in [5, 5.41) is 0. The maximum atomic E-state index is 13.5. The molecule has 37 heavy (non-hydrogen) atoms. The average Bonchev–Trinajstić information content (AvgIpc) is 2.63. The first kappa shape index (κ1) is 35.4. The molecule has 0 aliphatic carbocycles. The van der Waals surface area contributed by atoms with Crippen LogP contribution in [0.1, 0.15) is 6.42 Å². The highest BCUT2D eigenvalue weighted by Crippen LogP contribution is 2.66. The van der Waals surface area contributed by atoms with Gasteiger partial charge in [0.05, 0.1) is 5.75 Å². The van der Waals surface area contributed by atoms with Crippen molar-refractivity contribution in [3.8, 4) is 0 Å². The van der Waals surface area contributed by atoms with Gasteiger partial charge >= 0.3 is 59.5 Å². The lowest BCUT2D eigenvalue weighted by Crippen LogP contribution is -2.76. The molecular formula is C12H5F21O3S. The quantitative estimate of drug-likeness (QED) is 0.209. The van der Waals surface area contributed by atoms with E-state index >= 15 is 0 Å². The minimum absolute atomic E-state index is 2.76. The molecule has 0 rings (SSSR count). The fraction of sp³-hybridized carbons (Fsp3) is 1.00. The van der Waals surface area contributed by atoms with E-state index in [9.17, 15) is 101 Å². The third kappa shape index (κ3) is 4.85. The standard InChI is InChI=1S/C12H5F21O3S/c13-3(14,1-2-37(34,35)36)4(15,16)5(17,18)6(19,20)7(21,22)8(23,24)9(25,26)10(27,28)11(29,30)12(31,32)33/h1-2H2,(H,34,35,36). The Morgan fingerprint density at radius 1 is 0.405 bits per heavy atom. The van der Waals surface area contributed by atoms with Crippen LogP contribution in [0.4, 0.5) is 92.2 Å². The summed E-state index contributed by atoms with van der Waals surface area (Å²) in [6.45, 7) is 0. The Bertz CT molecular complexity index is 946. The fourth-order valence-corrected chi connectivity index (χ4v) is 2.52. The van der Waals surface area contributed by atoms with Gasteiger partial charge < -0.3 is 0 Å². The van der Waals surface area contributed by atoms with Crippen LogP contribution in [-0.4, -0.2) is 78.2 Å². The van der Waals surface area contributed by atoms with Crippen molar-refractivity contribution in [1.29, 1.82) is 0 Å². The van der Waals surface area contributed by atoms with Gasteiger partial charge in [-0.25, -0.2) is 0 Å². The summed E-state index contributed by atoms with van der Waals surface area (Å²) < 4.78 is 303. The molecule has 0 spiro atoms. The monoisotopic (exact) mass is 628 g/mol. The van der Waals surface area contributed by atoms with E-state index in [0.717, 1.165) is 0 Å². The van der Waals surface area contributed by atoms with Crippen LogP contribution >= 0.6 is 0 Å². The molecule has 0 aromatic rings. The first-order chi connectivity index (χ1) is 15.5. The van der Waals surface area contributed by atoms with Crippen molar-refractivity contribution in [3.63, 3.8) is 0 Å². The minimum atomic E-state index is -9.27. The van der Waals surface area contributed by atoms with E-state index in [-0.39, 0.29) is 0 Å². The maximum Gasteiger partial charge on any atom is 0.460 e. The maximum absolute atomic E-state index is 13.5. The third-order valence-corrected chi connectivity index (χ3v) is 4.97. The van der Waals surface area contributed by atoms with Crippen molar-refractivity contribution >= 4 is 10.1 Å². The number of rotatable bonds is 11. The van der Waals surface area contributed by atoms with Crippen molar-refractivity contribution < 1.29 is 105 Å². The molecule has 0 heterocycles. The SMILES string of the molecule is O=S(=O)(O)CCC(F)(F)C(F)(F)C(F)(F)C(F)(F)C(F)(F)C(F)(F)C(F)(F)C(F)(F)C(F)(F)C(F)(F)F. The molecule has 0 aliphatic heterocycles. The van der Waals surface area contributed by atoms with Gasteiger partial charge in [0.25, 0.3) is 10.1 Å². The van der Waals surface area contributed by atoms with E-state index in [4.69, 9.17) is 4.55 Å². The van der Waals surface area contributed by atoms with Crippen LogP contribution in [0, 0.1) is 0 Å². The predicted molar refractivity (Wildman–Crippen MR) is 71.6 cm³/mol. The zero-order valence-corrected chi connectivity index (χ0v) is 16.8. The molecule has 0 unspecified atom stereocenters. The molecule has 0 radical (unpaired) electrons. The third-order valence-electron chi connectivity index (χ3n) is 4.25. The van der Waals surface area contributed by atoms with Gasteiger partial charge in [-0.05, 0) is 0 Å². The van der Waals surface area contributed by atoms with Gasteiger partial charge in [-0.3, -0.25) is 4.55 Å². The fourth-order valence-electron chi connectivity index (χ4n) is 2.00. The van der Waals surface area contributed by atoms with Crippen molar-refractivity contribution in [3.05, 3.63) is 0 Å². The van der Waals surface area contributed by atoms with Crippen LogP contribution in [0.3, 0.4) is 0 Å². The first-order valence-corrected chi connectivity index (χ1v) is 9.49. The largest absolute Gasteiger partial charge is 0.460 e. The first-order valence-electron chi connectivity index (χ1n) is 7.88. The average molecular weight is 628 g/mol. The van der Waals surface area contributed by atoms with Gasteiger partial charge in [0.15, 0.2) is 0 Å². The summed E-state index contributed by atoms with van der Waals surface area (Å²) in [4.78, 5) is 0. The topological polar surface area (TPSA) is 54.4 Å². The Kier molecular flexibility index (Phi) is 8.36. The molecule has 0 fully saturated rings. The lowest BCUT2D eigenvalue weighted by Gasteiger charge is -2.44. The van der Waals surface area contributed by atoms with E-state index in [1.54, 1.807) is 0 Å². The highest BCUT2D eigenvalue weighted by Gasteiger charge is 2.97. The van der Waals surface area contributed by atoms with Crippen molar-refractivity contribution in [1.82, 2.24) is 0 Å². The molecule has 224 valence electrons. The van der Waals surface area contributed by atoms with Crippen LogP contribution in [0.15, 0.2) is 0 Å². The second kappa shape index (κ2) is 8.72. The molecule has 0 saturated carbocycles. The van der Waals surface area contributed by atoms with Crippen LogP contribution in [0.5, 0.6) is 0 Å². The second-order valence-corrected chi connectivity index (χ2v) is 8.41. The van der Waals surface area contributed by atoms with E-state index in [1.165, 1.54) is 0 Å². The lowest BCUT2D eigenvalue weighted by atomic mass is 9.86. The molecule has 3 nitrogen and oxygen atoms in total. The molecule has 0 atom stereocenters. The molecule has 0 amide bonds. The summed E-state index contributed by atoms with van der Waals surface area (Å²) in [5.74, 6) is -81.1. The van der Waals surface area contributed by atoms with Crippen molar-refractivity contribution in [2.45, 2.75) is 65.9 Å². The number of halogens is 21. The van der Waals surface area contributed by atoms with Crippen molar-refractivity contribution in [2.75, 3.05) is 5.75 Å². The summed E-state index contributed by atoms with van der Waals surface area (Å²) in [7, 11) is -5.87. The summed E-state index contributed by atoms with van der Waals surface area (Å²) >= 11 is 0. The Morgan fingerprint density at radius 3 is 0.838 bits per heavy atom. The number of hydrogen-bond donors (Lipinski definition) is 1. The molecule has 0 aromatic carbocycles. The van der Waals surface area contributed by atoms with Gasteiger partial charge in [0, 0.05) is 6.42 Å². The molecule has 0 bridgehead atoms. The molecule has 0 aromatic heterocycles. The van der Waals surface area contributed by atoms with E-state index in [1.807, 2.05) is 0 Å². The summed E-state index contributed by atoms with van der Waals surface area (Å²) in [6.07, 6.45) is -11.5. The predicted octanol–water partition coefficient (Wildman–Crippen LogP) is 6.54. The second-order valence-electron chi connectivity index (χ2n) is 6.83.